The third-order valence-electron chi connectivity index (χ3n) is 2.41. The molecular weight excluding hydrogens is 247 g/mol. The Kier molecular flexibility index (Phi) is 2.13. The fourth-order valence-electron chi connectivity index (χ4n) is 1.74. The molecule has 0 unspecified atom stereocenters. The Morgan fingerprint density at radius 3 is 2.67 bits per heavy atom. The van der Waals surface area contributed by atoms with Crippen LogP contribution in [0, 0.1) is 0 Å². The van der Waals surface area contributed by atoms with Gasteiger partial charge in [0.25, 0.3) is 0 Å². The van der Waals surface area contributed by atoms with Crippen molar-refractivity contribution >= 4 is 54.7 Å². The van der Waals surface area contributed by atoms with E-state index in [9.17, 15) is 0 Å². The Balaban J connectivity index is 2.57. The van der Waals surface area contributed by atoms with E-state index in [4.69, 9.17) is 23.2 Å². The second kappa shape index (κ2) is 3.38. The van der Waals surface area contributed by atoms with Crippen molar-refractivity contribution in [2.45, 2.75) is 0 Å². The van der Waals surface area contributed by atoms with Gasteiger partial charge in [-0.15, -0.1) is 11.3 Å². The molecule has 0 bridgehead atoms. The highest BCUT2D eigenvalue weighted by molar-refractivity contribution is 7.26. The van der Waals surface area contributed by atoms with E-state index >= 15 is 0 Å². The Bertz CT molecular complexity index is 655. The molecule has 0 N–H and O–H groups in total. The van der Waals surface area contributed by atoms with E-state index in [1.807, 2.05) is 30.3 Å². The van der Waals surface area contributed by atoms with Crippen molar-refractivity contribution in [2.75, 3.05) is 0 Å². The first-order valence-corrected chi connectivity index (χ1v) is 6.09. The lowest BCUT2D eigenvalue weighted by molar-refractivity contribution is 1.83. The normalized spacial score (nSPS) is 11.3. The zero-order chi connectivity index (χ0) is 10.4. The predicted molar refractivity (Wildman–Crippen MR) is 69.4 cm³/mol. The van der Waals surface area contributed by atoms with Gasteiger partial charge < -0.3 is 0 Å². The van der Waals surface area contributed by atoms with Crippen LogP contribution in [-0.4, -0.2) is 0 Å². The molecule has 0 amide bonds. The summed E-state index contributed by atoms with van der Waals surface area (Å²) in [5, 5.41) is 4.01. The Labute approximate surface area is 101 Å². The smallest absolute Gasteiger partial charge is 0.0584 e. The molecule has 0 nitrogen and oxygen atoms in total. The van der Waals surface area contributed by atoms with Crippen molar-refractivity contribution in [1.29, 1.82) is 0 Å². The van der Waals surface area contributed by atoms with Gasteiger partial charge >= 0.3 is 0 Å². The molecule has 3 heteroatoms. The van der Waals surface area contributed by atoms with Crippen LogP contribution >= 0.6 is 34.5 Å². The van der Waals surface area contributed by atoms with Gasteiger partial charge in [-0.1, -0.05) is 41.4 Å². The highest BCUT2D eigenvalue weighted by Gasteiger charge is 2.07. The van der Waals surface area contributed by atoms with Gasteiger partial charge in [0.15, 0.2) is 0 Å². The topological polar surface area (TPSA) is 0 Å². The van der Waals surface area contributed by atoms with Crippen molar-refractivity contribution in [3.8, 4) is 0 Å². The van der Waals surface area contributed by atoms with E-state index in [1.165, 1.54) is 15.5 Å². The summed E-state index contributed by atoms with van der Waals surface area (Å²) in [6.07, 6.45) is 0. The van der Waals surface area contributed by atoms with Crippen LogP contribution in [0.2, 0.25) is 10.0 Å². The molecule has 1 heterocycles. The fraction of sp³-hybridized carbons (Fsp3) is 0. The molecule has 1 aromatic heterocycles. The van der Waals surface area contributed by atoms with Crippen molar-refractivity contribution in [1.82, 2.24) is 0 Å². The number of hydrogen-bond donors (Lipinski definition) is 0. The molecule has 2 aromatic carbocycles. The fourth-order valence-corrected chi connectivity index (χ4v) is 3.41. The third kappa shape index (κ3) is 1.43. The first-order valence-electron chi connectivity index (χ1n) is 4.52. The van der Waals surface area contributed by atoms with Gasteiger partial charge in [-0.2, -0.15) is 0 Å². The molecule has 0 saturated carbocycles. The predicted octanol–water partition coefficient (Wildman–Crippen LogP) is 5.36. The summed E-state index contributed by atoms with van der Waals surface area (Å²) in [5.74, 6) is 0. The van der Waals surface area contributed by atoms with Gasteiger partial charge in [0.1, 0.15) is 0 Å². The van der Waals surface area contributed by atoms with E-state index in [2.05, 4.69) is 6.07 Å². The van der Waals surface area contributed by atoms with E-state index in [-0.39, 0.29) is 0 Å². The lowest BCUT2D eigenvalue weighted by atomic mass is 10.1. The van der Waals surface area contributed by atoms with Crippen LogP contribution in [0.1, 0.15) is 0 Å². The van der Waals surface area contributed by atoms with Crippen LogP contribution in [0.25, 0.3) is 20.2 Å². The molecule has 0 saturated heterocycles. The lowest BCUT2D eigenvalue weighted by Crippen LogP contribution is -1.66. The Morgan fingerprint density at radius 1 is 0.933 bits per heavy atom. The number of thiophene rings is 1. The molecule has 0 atom stereocenters. The van der Waals surface area contributed by atoms with Crippen molar-refractivity contribution < 1.29 is 0 Å². The molecular formula is C12H6Cl2S. The average Bonchev–Trinajstić information content (AvgIpc) is 2.57. The van der Waals surface area contributed by atoms with Crippen LogP contribution in [0.15, 0.2) is 36.4 Å². The molecule has 15 heavy (non-hydrogen) atoms. The van der Waals surface area contributed by atoms with Crippen molar-refractivity contribution in [3.63, 3.8) is 0 Å². The van der Waals surface area contributed by atoms with Crippen LogP contribution < -0.4 is 0 Å². The molecule has 0 fully saturated rings. The highest BCUT2D eigenvalue weighted by Crippen LogP contribution is 2.38. The quantitative estimate of drug-likeness (QED) is 0.505. The molecule has 0 aliphatic rings. The molecule has 3 aromatic rings. The summed E-state index contributed by atoms with van der Waals surface area (Å²) < 4.78 is 2.32. The minimum Gasteiger partial charge on any atom is -0.134 e. The van der Waals surface area contributed by atoms with E-state index in [1.54, 1.807) is 11.3 Å². The summed E-state index contributed by atoms with van der Waals surface area (Å²) in [4.78, 5) is 0. The summed E-state index contributed by atoms with van der Waals surface area (Å²) in [6.45, 7) is 0. The number of halogens is 2. The minimum atomic E-state index is 0.769. The Morgan fingerprint density at radius 2 is 1.80 bits per heavy atom. The standard InChI is InChI=1S/C12H6Cl2S/c13-7-4-5-8-9-2-1-3-10(14)12(9)15-11(8)6-7/h1-6H. The number of hydrogen-bond acceptors (Lipinski definition) is 1. The van der Waals surface area contributed by atoms with Gasteiger partial charge in [0, 0.05) is 20.5 Å². The molecule has 0 radical (unpaired) electrons. The van der Waals surface area contributed by atoms with Crippen LogP contribution in [-0.2, 0) is 0 Å². The van der Waals surface area contributed by atoms with Gasteiger partial charge in [-0.3, -0.25) is 0 Å². The summed E-state index contributed by atoms with van der Waals surface area (Å²) in [7, 11) is 0. The maximum atomic E-state index is 6.15. The minimum absolute atomic E-state index is 0.769. The van der Waals surface area contributed by atoms with Crippen molar-refractivity contribution in [2.24, 2.45) is 0 Å². The number of fused-ring (bicyclic) bond motifs is 3. The number of rotatable bonds is 0. The summed E-state index contributed by atoms with van der Waals surface area (Å²) in [5.41, 5.74) is 0. The zero-order valence-corrected chi connectivity index (χ0v) is 9.96. The van der Waals surface area contributed by atoms with Gasteiger partial charge in [-0.25, -0.2) is 0 Å². The SMILES string of the molecule is Clc1ccc2c(c1)sc1c(Cl)cccc12. The summed E-state index contributed by atoms with van der Waals surface area (Å²) >= 11 is 13.8. The maximum Gasteiger partial charge on any atom is 0.0584 e. The van der Waals surface area contributed by atoms with Crippen LogP contribution in [0.3, 0.4) is 0 Å². The van der Waals surface area contributed by atoms with Gasteiger partial charge in [0.05, 0.1) is 9.72 Å². The van der Waals surface area contributed by atoms with E-state index in [0.29, 0.717) is 0 Å². The van der Waals surface area contributed by atoms with Crippen LogP contribution in [0.4, 0.5) is 0 Å². The van der Waals surface area contributed by atoms with Crippen LogP contribution in [0.5, 0.6) is 0 Å². The highest BCUT2D eigenvalue weighted by atomic mass is 35.5. The zero-order valence-electron chi connectivity index (χ0n) is 7.63. The number of benzene rings is 2. The van der Waals surface area contributed by atoms with Gasteiger partial charge in [-0.05, 0) is 18.2 Å². The van der Waals surface area contributed by atoms with Gasteiger partial charge in [0.2, 0.25) is 0 Å². The molecule has 3 rings (SSSR count). The van der Waals surface area contributed by atoms with E-state index in [0.717, 1.165) is 14.7 Å². The largest absolute Gasteiger partial charge is 0.134 e. The second-order valence-electron chi connectivity index (χ2n) is 3.36. The molecule has 74 valence electrons. The molecule has 0 aliphatic heterocycles. The van der Waals surface area contributed by atoms with E-state index < -0.39 is 0 Å². The lowest BCUT2D eigenvalue weighted by Gasteiger charge is -1.92. The maximum absolute atomic E-state index is 6.15. The average molecular weight is 253 g/mol. The summed E-state index contributed by atoms with van der Waals surface area (Å²) in [6, 6.07) is 11.9. The monoisotopic (exact) mass is 252 g/mol. The first kappa shape index (κ1) is 9.46. The Hall–Kier alpha value is -0.760. The molecule has 0 aliphatic carbocycles. The first-order chi connectivity index (χ1) is 7.25. The van der Waals surface area contributed by atoms with Crippen molar-refractivity contribution in [3.05, 3.63) is 46.4 Å². The second-order valence-corrected chi connectivity index (χ2v) is 5.25. The third-order valence-corrected chi connectivity index (χ3v) is 4.28. The molecule has 0 spiro atoms.